The number of carbonyl (C=O) groups excluding carboxylic acids is 2. The molecule has 1 saturated heterocycles. The van der Waals surface area contributed by atoms with Crippen LogP contribution in [0, 0.1) is 5.82 Å². The Morgan fingerprint density at radius 3 is 2.41 bits per heavy atom. The number of carbonyl (C=O) groups is 2. The Kier molecular flexibility index (Phi) is 6.61. The number of hydrogen-bond donors (Lipinski definition) is 2. The van der Waals surface area contributed by atoms with Crippen molar-refractivity contribution in [2.75, 3.05) is 13.1 Å². The highest BCUT2D eigenvalue weighted by Gasteiger charge is 2.40. The summed E-state index contributed by atoms with van der Waals surface area (Å²) in [6, 6.07) is 15.3. The van der Waals surface area contributed by atoms with Gasteiger partial charge in [0.1, 0.15) is 11.5 Å². The molecule has 2 heterocycles. The number of nitrogens with zero attached hydrogens (tertiary/aromatic N) is 1. The summed E-state index contributed by atoms with van der Waals surface area (Å²) in [6.07, 6.45) is -5.01. The standard InChI is InChI=1S/C28H21F6N3O2/c29-22-9-8-19(28(32,33)34)12-18(22)14-35-25(38)17-6-4-16(5-7-17)20-2-1-3-23-21(20)13-24(36-23)26(39)37-11-10-27(30,31)15-37/h1-9,12-13,36H,10-11,14-15H2,(H,35,38). The highest BCUT2D eigenvalue weighted by atomic mass is 19.4. The minimum atomic E-state index is -4.64. The zero-order valence-corrected chi connectivity index (χ0v) is 20.2. The van der Waals surface area contributed by atoms with Crippen LogP contribution < -0.4 is 5.32 Å². The Bertz CT molecular complexity index is 1560. The lowest BCUT2D eigenvalue weighted by Crippen LogP contribution is -2.31. The molecule has 5 nitrogen and oxygen atoms in total. The van der Waals surface area contributed by atoms with E-state index in [1.54, 1.807) is 36.4 Å². The molecular weight excluding hydrogens is 524 g/mol. The van der Waals surface area contributed by atoms with Gasteiger partial charge in [-0.15, -0.1) is 0 Å². The van der Waals surface area contributed by atoms with Crippen molar-refractivity contribution in [1.82, 2.24) is 15.2 Å². The molecule has 0 radical (unpaired) electrons. The smallest absolute Gasteiger partial charge is 0.351 e. The molecule has 1 aliphatic rings. The maximum Gasteiger partial charge on any atom is 0.416 e. The summed E-state index contributed by atoms with van der Waals surface area (Å²) in [4.78, 5) is 29.4. The predicted molar refractivity (Wildman–Crippen MR) is 132 cm³/mol. The van der Waals surface area contributed by atoms with E-state index in [2.05, 4.69) is 10.3 Å². The molecule has 2 amide bonds. The van der Waals surface area contributed by atoms with E-state index in [1.807, 2.05) is 0 Å². The topological polar surface area (TPSA) is 65.2 Å². The average molecular weight is 545 g/mol. The number of rotatable bonds is 5. The minimum absolute atomic E-state index is 0.0298. The number of H-pyrrole nitrogens is 1. The molecule has 1 aliphatic heterocycles. The number of aromatic nitrogens is 1. The van der Waals surface area contributed by atoms with Crippen LogP contribution in [0.1, 0.15) is 38.4 Å². The molecule has 0 unspecified atom stereocenters. The Balaban J connectivity index is 1.32. The number of hydrogen-bond acceptors (Lipinski definition) is 2. The van der Waals surface area contributed by atoms with E-state index < -0.39 is 48.4 Å². The Hall–Kier alpha value is -4.28. The van der Waals surface area contributed by atoms with Crippen LogP contribution in [0.25, 0.3) is 22.0 Å². The monoisotopic (exact) mass is 545 g/mol. The fraction of sp³-hybridized carbons (Fsp3) is 0.214. The van der Waals surface area contributed by atoms with Crippen LogP contribution in [-0.2, 0) is 12.7 Å². The van der Waals surface area contributed by atoms with Crippen molar-refractivity contribution < 1.29 is 35.9 Å². The summed E-state index contributed by atoms with van der Waals surface area (Å²) < 4.78 is 79.9. The van der Waals surface area contributed by atoms with Gasteiger partial charge in [-0.2, -0.15) is 13.2 Å². The van der Waals surface area contributed by atoms with Gasteiger partial charge in [-0.3, -0.25) is 9.59 Å². The van der Waals surface area contributed by atoms with Gasteiger partial charge in [-0.25, -0.2) is 13.2 Å². The third-order valence-corrected chi connectivity index (χ3v) is 6.62. The number of fused-ring (bicyclic) bond motifs is 1. The first-order valence-electron chi connectivity index (χ1n) is 11.9. The molecule has 0 spiro atoms. The third kappa shape index (κ3) is 5.47. The van der Waals surface area contributed by atoms with Crippen LogP contribution in [0.4, 0.5) is 26.3 Å². The van der Waals surface area contributed by atoms with Gasteiger partial charge in [0.05, 0.1) is 12.1 Å². The summed E-state index contributed by atoms with van der Waals surface area (Å²) in [5.41, 5.74) is 1.15. The first kappa shape index (κ1) is 26.3. The number of amides is 2. The predicted octanol–water partition coefficient (Wildman–Crippen LogP) is 6.40. The van der Waals surface area contributed by atoms with Gasteiger partial charge in [0, 0.05) is 41.5 Å². The second-order valence-corrected chi connectivity index (χ2v) is 9.35. The van der Waals surface area contributed by atoms with E-state index in [-0.39, 0.29) is 29.8 Å². The van der Waals surface area contributed by atoms with Crippen molar-refractivity contribution in [3.8, 4) is 11.1 Å². The fourth-order valence-electron chi connectivity index (χ4n) is 4.57. The van der Waals surface area contributed by atoms with E-state index in [1.165, 1.54) is 12.1 Å². The van der Waals surface area contributed by atoms with E-state index in [0.29, 0.717) is 34.7 Å². The lowest BCUT2D eigenvalue weighted by atomic mass is 10.00. The molecule has 0 saturated carbocycles. The van der Waals surface area contributed by atoms with Gasteiger partial charge in [-0.05, 0) is 53.6 Å². The first-order valence-corrected chi connectivity index (χ1v) is 11.9. The minimum Gasteiger partial charge on any atom is -0.351 e. The normalized spacial score (nSPS) is 15.1. The highest BCUT2D eigenvalue weighted by molar-refractivity contribution is 6.03. The molecule has 39 heavy (non-hydrogen) atoms. The van der Waals surface area contributed by atoms with Crippen molar-refractivity contribution in [2.24, 2.45) is 0 Å². The zero-order chi connectivity index (χ0) is 27.9. The summed E-state index contributed by atoms with van der Waals surface area (Å²) in [6.45, 7) is -1.09. The van der Waals surface area contributed by atoms with Crippen molar-refractivity contribution in [1.29, 1.82) is 0 Å². The van der Waals surface area contributed by atoms with E-state index in [9.17, 15) is 35.9 Å². The molecule has 0 atom stereocenters. The summed E-state index contributed by atoms with van der Waals surface area (Å²) in [5, 5.41) is 3.11. The molecule has 1 aromatic heterocycles. The number of halogens is 6. The summed E-state index contributed by atoms with van der Waals surface area (Å²) in [7, 11) is 0. The van der Waals surface area contributed by atoms with Crippen molar-refractivity contribution in [3.05, 3.63) is 94.9 Å². The second-order valence-electron chi connectivity index (χ2n) is 9.35. The summed E-state index contributed by atoms with van der Waals surface area (Å²) >= 11 is 0. The van der Waals surface area contributed by atoms with Crippen molar-refractivity contribution in [3.63, 3.8) is 0 Å². The summed E-state index contributed by atoms with van der Waals surface area (Å²) in [5.74, 6) is -4.89. The van der Waals surface area contributed by atoms with Gasteiger partial charge in [-0.1, -0.05) is 24.3 Å². The maximum absolute atomic E-state index is 14.0. The lowest BCUT2D eigenvalue weighted by molar-refractivity contribution is -0.137. The van der Waals surface area contributed by atoms with Crippen LogP contribution in [0.5, 0.6) is 0 Å². The van der Waals surface area contributed by atoms with Crippen LogP contribution in [0.3, 0.4) is 0 Å². The fourth-order valence-corrected chi connectivity index (χ4v) is 4.57. The quantitative estimate of drug-likeness (QED) is 0.285. The number of aromatic amines is 1. The molecule has 3 aromatic carbocycles. The Labute approximate surface area is 218 Å². The van der Waals surface area contributed by atoms with Gasteiger partial charge in [0.2, 0.25) is 0 Å². The van der Waals surface area contributed by atoms with Crippen molar-refractivity contribution >= 4 is 22.7 Å². The molecule has 0 aliphatic carbocycles. The van der Waals surface area contributed by atoms with Gasteiger partial charge >= 0.3 is 6.18 Å². The van der Waals surface area contributed by atoms with Gasteiger partial charge < -0.3 is 15.2 Å². The third-order valence-electron chi connectivity index (χ3n) is 6.62. The maximum atomic E-state index is 14.0. The van der Waals surface area contributed by atoms with Gasteiger partial charge in [0.25, 0.3) is 17.7 Å². The van der Waals surface area contributed by atoms with Crippen LogP contribution in [0.2, 0.25) is 0 Å². The number of nitrogens with one attached hydrogen (secondary N) is 2. The number of benzene rings is 3. The van der Waals surface area contributed by atoms with Crippen LogP contribution in [0.15, 0.2) is 66.7 Å². The zero-order valence-electron chi connectivity index (χ0n) is 20.2. The second kappa shape index (κ2) is 9.79. The lowest BCUT2D eigenvalue weighted by Gasteiger charge is -2.14. The number of alkyl halides is 5. The SMILES string of the molecule is O=C(NCc1cc(C(F)(F)F)ccc1F)c1ccc(-c2cccc3[nH]c(C(=O)N4CCC(F)(F)C4)cc23)cc1. The average Bonchev–Trinajstić information content (AvgIpc) is 3.50. The largest absolute Gasteiger partial charge is 0.416 e. The molecule has 5 rings (SSSR count). The molecule has 1 fully saturated rings. The van der Waals surface area contributed by atoms with Crippen LogP contribution in [-0.4, -0.2) is 40.7 Å². The molecule has 202 valence electrons. The van der Waals surface area contributed by atoms with E-state index in [4.69, 9.17) is 0 Å². The highest BCUT2D eigenvalue weighted by Crippen LogP contribution is 2.33. The Morgan fingerprint density at radius 1 is 1.00 bits per heavy atom. The first-order chi connectivity index (χ1) is 18.4. The molecule has 0 bridgehead atoms. The van der Waals surface area contributed by atoms with Gasteiger partial charge in [0.15, 0.2) is 0 Å². The van der Waals surface area contributed by atoms with Crippen molar-refractivity contribution in [2.45, 2.75) is 25.1 Å². The molecule has 4 aromatic rings. The van der Waals surface area contributed by atoms with E-state index in [0.717, 1.165) is 10.5 Å². The Morgan fingerprint density at radius 2 is 1.74 bits per heavy atom. The molecule has 2 N–H and O–H groups in total. The molecular formula is C28H21F6N3O2. The number of likely N-dealkylation sites (tertiary alicyclic amines) is 1. The van der Waals surface area contributed by atoms with Crippen LogP contribution >= 0.6 is 0 Å². The van der Waals surface area contributed by atoms with E-state index >= 15 is 0 Å². The molecule has 11 heteroatoms.